The van der Waals surface area contributed by atoms with E-state index in [-0.39, 0.29) is 12.3 Å². The van der Waals surface area contributed by atoms with E-state index in [0.717, 1.165) is 10.0 Å². The summed E-state index contributed by atoms with van der Waals surface area (Å²) >= 11 is 3.37. The molecule has 16 heavy (non-hydrogen) atoms. The maximum atomic E-state index is 11.7. The predicted octanol–water partition coefficient (Wildman–Crippen LogP) is 1.44. The summed E-state index contributed by atoms with van der Waals surface area (Å²) < 4.78 is 0.878. The average Bonchev–Trinajstić information content (AvgIpc) is 2.51. The second-order valence-corrected chi connectivity index (χ2v) is 4.93. The van der Waals surface area contributed by atoms with Crippen LogP contribution < -0.4 is 10.6 Å². The van der Waals surface area contributed by atoms with Gasteiger partial charge in [-0.25, -0.2) is 0 Å². The molecule has 1 fully saturated rings. The number of carbonyl (C=O) groups excluding carboxylic acids is 1. The number of anilines is 2. The van der Waals surface area contributed by atoms with Gasteiger partial charge in [-0.15, -0.1) is 0 Å². The van der Waals surface area contributed by atoms with Crippen LogP contribution in [-0.4, -0.2) is 23.7 Å². The first kappa shape index (κ1) is 11.4. The standard InChI is InChI=1S/C11H13BrN2O2/c1-6-2-7(12)3-9(11(6)13)14-5-8(15)4-10(14)16/h2-3,8,15H,4-5,13H2,1H3. The number of β-amino-alcohol motifs (C(OH)–C–C–N with tert-alkyl or cyclic N) is 1. The van der Waals surface area contributed by atoms with Gasteiger partial charge in [0, 0.05) is 4.47 Å². The van der Waals surface area contributed by atoms with Gasteiger partial charge in [0.25, 0.3) is 0 Å². The fraction of sp³-hybridized carbons (Fsp3) is 0.364. The van der Waals surface area contributed by atoms with Gasteiger partial charge in [-0.3, -0.25) is 4.79 Å². The van der Waals surface area contributed by atoms with Crippen LogP contribution in [0.3, 0.4) is 0 Å². The number of nitrogens with two attached hydrogens (primary N) is 1. The van der Waals surface area contributed by atoms with Crippen LogP contribution in [0.2, 0.25) is 0 Å². The molecule has 3 N–H and O–H groups in total. The summed E-state index contributed by atoms with van der Waals surface area (Å²) in [5, 5.41) is 9.45. The highest BCUT2D eigenvalue weighted by atomic mass is 79.9. The van der Waals surface area contributed by atoms with Crippen molar-refractivity contribution in [3.63, 3.8) is 0 Å². The van der Waals surface area contributed by atoms with E-state index >= 15 is 0 Å². The first-order chi connectivity index (χ1) is 7.49. The van der Waals surface area contributed by atoms with Crippen molar-refractivity contribution < 1.29 is 9.90 Å². The van der Waals surface area contributed by atoms with Gasteiger partial charge in [-0.1, -0.05) is 15.9 Å². The Morgan fingerprint density at radius 2 is 2.25 bits per heavy atom. The molecule has 0 spiro atoms. The number of hydrogen-bond donors (Lipinski definition) is 2. The molecule has 1 aliphatic rings. The van der Waals surface area contributed by atoms with Gasteiger partial charge < -0.3 is 15.7 Å². The second-order valence-electron chi connectivity index (χ2n) is 4.02. The van der Waals surface area contributed by atoms with Crippen LogP contribution in [0.1, 0.15) is 12.0 Å². The summed E-state index contributed by atoms with van der Waals surface area (Å²) in [6.45, 7) is 2.21. The number of hydrogen-bond acceptors (Lipinski definition) is 3. The number of aliphatic hydroxyl groups excluding tert-OH is 1. The van der Waals surface area contributed by atoms with E-state index in [2.05, 4.69) is 15.9 Å². The Hall–Kier alpha value is -1.07. The van der Waals surface area contributed by atoms with Crippen LogP contribution in [0.5, 0.6) is 0 Å². The van der Waals surface area contributed by atoms with Crippen molar-refractivity contribution in [1.82, 2.24) is 0 Å². The molecule has 0 bridgehead atoms. The van der Waals surface area contributed by atoms with E-state index < -0.39 is 6.10 Å². The number of carbonyl (C=O) groups is 1. The summed E-state index contributed by atoms with van der Waals surface area (Å²) in [6, 6.07) is 3.70. The Morgan fingerprint density at radius 1 is 1.56 bits per heavy atom. The van der Waals surface area contributed by atoms with Crippen LogP contribution >= 0.6 is 15.9 Å². The van der Waals surface area contributed by atoms with E-state index in [4.69, 9.17) is 5.73 Å². The summed E-state index contributed by atoms with van der Waals surface area (Å²) in [7, 11) is 0. The third kappa shape index (κ3) is 1.92. The highest BCUT2D eigenvalue weighted by molar-refractivity contribution is 9.10. The molecule has 1 amide bonds. The Morgan fingerprint density at radius 3 is 2.81 bits per heavy atom. The fourth-order valence-electron chi connectivity index (χ4n) is 1.88. The number of amides is 1. The molecule has 1 unspecified atom stereocenters. The quantitative estimate of drug-likeness (QED) is 0.767. The lowest BCUT2D eigenvalue weighted by Crippen LogP contribution is -2.26. The smallest absolute Gasteiger partial charge is 0.229 e. The molecule has 5 heteroatoms. The van der Waals surface area contributed by atoms with Gasteiger partial charge in [0.05, 0.1) is 30.4 Å². The highest BCUT2D eigenvalue weighted by Crippen LogP contribution is 2.33. The van der Waals surface area contributed by atoms with Crippen molar-refractivity contribution in [2.45, 2.75) is 19.4 Å². The molecular weight excluding hydrogens is 272 g/mol. The lowest BCUT2D eigenvalue weighted by Gasteiger charge is -2.19. The zero-order chi connectivity index (χ0) is 11.9. The van der Waals surface area contributed by atoms with Crippen molar-refractivity contribution in [2.24, 2.45) is 0 Å². The largest absolute Gasteiger partial charge is 0.397 e. The van der Waals surface area contributed by atoms with E-state index in [0.29, 0.717) is 17.9 Å². The fourth-order valence-corrected chi connectivity index (χ4v) is 2.44. The molecule has 1 atom stereocenters. The molecule has 2 rings (SSSR count). The molecule has 86 valence electrons. The third-order valence-corrected chi connectivity index (χ3v) is 3.18. The van der Waals surface area contributed by atoms with E-state index in [1.165, 1.54) is 4.90 Å². The first-order valence-electron chi connectivity index (χ1n) is 5.03. The van der Waals surface area contributed by atoms with Gasteiger partial charge in [0.15, 0.2) is 0 Å². The van der Waals surface area contributed by atoms with Crippen LogP contribution in [0.25, 0.3) is 0 Å². The topological polar surface area (TPSA) is 66.6 Å². The molecule has 1 heterocycles. The Labute approximate surface area is 102 Å². The summed E-state index contributed by atoms with van der Waals surface area (Å²) in [5.74, 6) is -0.0864. The molecule has 0 aromatic heterocycles. The molecule has 1 saturated heterocycles. The number of halogens is 1. The summed E-state index contributed by atoms with van der Waals surface area (Å²) in [5.41, 5.74) is 8.12. The molecule has 0 aliphatic carbocycles. The second kappa shape index (κ2) is 4.07. The summed E-state index contributed by atoms with van der Waals surface area (Å²) in [6.07, 6.45) is -0.420. The number of nitrogen functional groups attached to an aromatic ring is 1. The number of rotatable bonds is 1. The molecule has 1 aromatic rings. The lowest BCUT2D eigenvalue weighted by atomic mass is 10.1. The minimum Gasteiger partial charge on any atom is -0.397 e. The molecule has 0 radical (unpaired) electrons. The molecule has 0 saturated carbocycles. The maximum Gasteiger partial charge on any atom is 0.229 e. The van der Waals surface area contributed by atoms with E-state index in [1.807, 2.05) is 13.0 Å². The van der Waals surface area contributed by atoms with Gasteiger partial charge >= 0.3 is 0 Å². The molecular formula is C11H13BrN2O2. The predicted molar refractivity (Wildman–Crippen MR) is 66.3 cm³/mol. The number of benzene rings is 1. The summed E-state index contributed by atoms with van der Waals surface area (Å²) in [4.78, 5) is 13.2. The lowest BCUT2D eigenvalue weighted by molar-refractivity contribution is -0.117. The Balaban J connectivity index is 2.44. The first-order valence-corrected chi connectivity index (χ1v) is 5.82. The monoisotopic (exact) mass is 284 g/mol. The van der Waals surface area contributed by atoms with Gasteiger partial charge in [0.1, 0.15) is 0 Å². The zero-order valence-electron chi connectivity index (χ0n) is 8.90. The van der Waals surface area contributed by atoms with E-state index in [9.17, 15) is 9.90 Å². The van der Waals surface area contributed by atoms with Gasteiger partial charge in [-0.05, 0) is 24.6 Å². The number of aliphatic hydroxyl groups is 1. The van der Waals surface area contributed by atoms with Gasteiger partial charge in [0.2, 0.25) is 5.91 Å². The molecule has 1 aliphatic heterocycles. The minimum absolute atomic E-state index is 0.0864. The highest BCUT2D eigenvalue weighted by Gasteiger charge is 2.30. The number of aryl methyl sites for hydroxylation is 1. The maximum absolute atomic E-state index is 11.7. The third-order valence-electron chi connectivity index (χ3n) is 2.73. The molecule has 4 nitrogen and oxygen atoms in total. The zero-order valence-corrected chi connectivity index (χ0v) is 10.5. The van der Waals surface area contributed by atoms with Crippen molar-refractivity contribution in [3.8, 4) is 0 Å². The van der Waals surface area contributed by atoms with Crippen molar-refractivity contribution in [1.29, 1.82) is 0 Å². The Bertz CT molecular complexity index is 448. The van der Waals surface area contributed by atoms with Crippen molar-refractivity contribution >= 4 is 33.2 Å². The molecule has 1 aromatic carbocycles. The number of nitrogens with zero attached hydrogens (tertiary/aromatic N) is 1. The van der Waals surface area contributed by atoms with Gasteiger partial charge in [-0.2, -0.15) is 0 Å². The average molecular weight is 285 g/mol. The van der Waals surface area contributed by atoms with Crippen LogP contribution in [0, 0.1) is 6.92 Å². The van der Waals surface area contributed by atoms with E-state index in [1.54, 1.807) is 6.07 Å². The van der Waals surface area contributed by atoms with Crippen LogP contribution in [-0.2, 0) is 4.79 Å². The van der Waals surface area contributed by atoms with Crippen molar-refractivity contribution in [2.75, 3.05) is 17.2 Å². The van der Waals surface area contributed by atoms with Crippen molar-refractivity contribution in [3.05, 3.63) is 22.2 Å². The normalized spacial score (nSPS) is 20.6. The van der Waals surface area contributed by atoms with Crippen LogP contribution in [0.4, 0.5) is 11.4 Å². The van der Waals surface area contributed by atoms with Crippen LogP contribution in [0.15, 0.2) is 16.6 Å². The SMILES string of the molecule is Cc1cc(Br)cc(N2CC(O)CC2=O)c1N. The Kier molecular flexibility index (Phi) is 2.90. The minimum atomic E-state index is -0.591.